The number of hydrogen-bond donors (Lipinski definition) is 2. The van der Waals surface area contributed by atoms with E-state index < -0.39 is 24.0 Å². The Labute approximate surface area is 145 Å². The number of urea groups is 1. The van der Waals surface area contributed by atoms with Gasteiger partial charge in [0.25, 0.3) is 5.91 Å². The first-order chi connectivity index (χ1) is 11.5. The minimum atomic E-state index is -1.01. The topological polar surface area (TPSA) is 84.5 Å². The Morgan fingerprint density at radius 1 is 1.25 bits per heavy atom. The number of fused-ring (bicyclic) bond motifs is 1. The summed E-state index contributed by atoms with van der Waals surface area (Å²) in [4.78, 5) is 35.8. The third kappa shape index (κ3) is 5.26. The number of benzene rings is 1. The van der Waals surface area contributed by atoms with Crippen LogP contribution in [0.3, 0.4) is 0 Å². The van der Waals surface area contributed by atoms with Crippen molar-refractivity contribution in [3.8, 4) is 0 Å². The van der Waals surface area contributed by atoms with Gasteiger partial charge in [0.05, 0.1) is 5.75 Å². The highest BCUT2D eigenvalue weighted by atomic mass is 32.2. The van der Waals surface area contributed by atoms with E-state index in [4.69, 9.17) is 4.74 Å². The van der Waals surface area contributed by atoms with Crippen molar-refractivity contribution in [1.29, 1.82) is 0 Å². The molecule has 6 nitrogen and oxygen atoms in total. The van der Waals surface area contributed by atoms with Crippen LogP contribution in [-0.4, -0.2) is 36.3 Å². The Balaban J connectivity index is 1.76. The lowest BCUT2D eigenvalue weighted by Crippen LogP contribution is -2.44. The first-order valence-electron chi connectivity index (χ1n) is 8.02. The van der Waals surface area contributed by atoms with Gasteiger partial charge < -0.3 is 10.1 Å². The number of esters is 1. The Hall–Kier alpha value is -2.02. The second-order valence-electron chi connectivity index (χ2n) is 5.55. The molecule has 2 rings (SSSR count). The first kappa shape index (κ1) is 18.3. The minimum Gasteiger partial charge on any atom is -0.452 e. The fraction of sp³-hybridized carbons (Fsp3) is 0.471. The summed E-state index contributed by atoms with van der Waals surface area (Å²) < 4.78 is 5.05. The number of hydrogen-bond acceptors (Lipinski definition) is 5. The molecular weight excluding hydrogens is 328 g/mol. The second-order valence-corrected chi connectivity index (χ2v) is 6.60. The highest BCUT2D eigenvalue weighted by molar-refractivity contribution is 8.00. The molecule has 24 heavy (non-hydrogen) atoms. The van der Waals surface area contributed by atoms with Gasteiger partial charge in [-0.05, 0) is 56.4 Å². The lowest BCUT2D eigenvalue weighted by Gasteiger charge is -2.13. The quantitative estimate of drug-likeness (QED) is 0.606. The van der Waals surface area contributed by atoms with E-state index in [1.165, 1.54) is 36.2 Å². The van der Waals surface area contributed by atoms with E-state index in [1.807, 2.05) is 6.07 Å². The molecule has 0 bridgehead atoms. The summed E-state index contributed by atoms with van der Waals surface area (Å²) in [6.07, 6.45) is 2.39. The van der Waals surface area contributed by atoms with E-state index in [1.54, 1.807) is 6.92 Å². The molecule has 0 spiro atoms. The van der Waals surface area contributed by atoms with Crippen molar-refractivity contribution in [2.24, 2.45) is 0 Å². The highest BCUT2D eigenvalue weighted by Gasteiger charge is 2.20. The lowest BCUT2D eigenvalue weighted by molar-refractivity contribution is -0.151. The van der Waals surface area contributed by atoms with E-state index in [9.17, 15) is 14.4 Å². The van der Waals surface area contributed by atoms with Crippen LogP contribution in [0, 0.1) is 0 Å². The van der Waals surface area contributed by atoms with Gasteiger partial charge in [-0.2, -0.15) is 0 Å². The molecule has 0 aliphatic heterocycles. The monoisotopic (exact) mass is 350 g/mol. The number of ether oxygens (including phenoxy) is 1. The molecule has 1 aliphatic carbocycles. The van der Waals surface area contributed by atoms with Crippen LogP contribution in [0.25, 0.3) is 0 Å². The molecule has 1 aromatic carbocycles. The van der Waals surface area contributed by atoms with Gasteiger partial charge in [-0.15, -0.1) is 11.8 Å². The second kappa shape index (κ2) is 8.73. The van der Waals surface area contributed by atoms with Gasteiger partial charge in [0.1, 0.15) is 0 Å². The summed E-state index contributed by atoms with van der Waals surface area (Å²) in [5.41, 5.74) is 2.74. The summed E-state index contributed by atoms with van der Waals surface area (Å²) in [5, 5.41) is 4.55. The molecule has 3 amide bonds. The fourth-order valence-corrected chi connectivity index (χ4v) is 3.23. The SMILES string of the molecule is CCNC(=O)NC(=O)C(C)OC(=O)CSc1ccc2c(c1)CCC2. The number of amides is 3. The molecular formula is C17H22N2O4S. The molecule has 1 unspecified atom stereocenters. The number of rotatable bonds is 6. The van der Waals surface area contributed by atoms with Gasteiger partial charge in [-0.1, -0.05) is 6.07 Å². The predicted octanol–water partition coefficient (Wildman–Crippen LogP) is 2.04. The van der Waals surface area contributed by atoms with Crippen molar-refractivity contribution < 1.29 is 19.1 Å². The summed E-state index contributed by atoms with van der Waals surface area (Å²) in [6, 6.07) is 5.63. The normalized spacial score (nSPS) is 13.8. The fourth-order valence-electron chi connectivity index (χ4n) is 2.48. The zero-order valence-electron chi connectivity index (χ0n) is 13.9. The Bertz CT molecular complexity index is 633. The van der Waals surface area contributed by atoms with Gasteiger partial charge in [0, 0.05) is 11.4 Å². The molecule has 1 aliphatic rings. The summed E-state index contributed by atoms with van der Waals surface area (Å²) in [7, 11) is 0. The average Bonchev–Trinajstić information content (AvgIpc) is 3.00. The van der Waals surface area contributed by atoms with Crippen molar-refractivity contribution in [3.63, 3.8) is 0 Å². The average molecular weight is 350 g/mol. The number of aryl methyl sites for hydroxylation is 2. The maximum Gasteiger partial charge on any atom is 0.321 e. The molecule has 2 N–H and O–H groups in total. The Morgan fingerprint density at radius 2 is 2.00 bits per heavy atom. The zero-order valence-corrected chi connectivity index (χ0v) is 14.7. The van der Waals surface area contributed by atoms with Crippen molar-refractivity contribution in [2.45, 2.75) is 44.1 Å². The molecule has 0 aromatic heterocycles. The molecule has 1 aromatic rings. The lowest BCUT2D eigenvalue weighted by atomic mass is 10.1. The smallest absolute Gasteiger partial charge is 0.321 e. The van der Waals surface area contributed by atoms with E-state index in [-0.39, 0.29) is 5.75 Å². The first-order valence-corrected chi connectivity index (χ1v) is 9.01. The van der Waals surface area contributed by atoms with E-state index in [2.05, 4.69) is 22.8 Å². The summed E-state index contributed by atoms with van der Waals surface area (Å²) >= 11 is 1.38. The molecule has 0 radical (unpaired) electrons. The highest BCUT2D eigenvalue weighted by Crippen LogP contribution is 2.27. The van der Waals surface area contributed by atoms with Crippen LogP contribution in [-0.2, 0) is 27.2 Å². The molecule has 0 saturated heterocycles. The third-order valence-electron chi connectivity index (χ3n) is 3.68. The Kier molecular flexibility index (Phi) is 6.66. The molecule has 7 heteroatoms. The predicted molar refractivity (Wildman–Crippen MR) is 92.0 cm³/mol. The van der Waals surface area contributed by atoms with E-state index in [0.717, 1.165) is 17.7 Å². The van der Waals surface area contributed by atoms with Crippen molar-refractivity contribution in [3.05, 3.63) is 29.3 Å². The van der Waals surface area contributed by atoms with Gasteiger partial charge in [0.2, 0.25) is 0 Å². The maximum absolute atomic E-state index is 11.9. The van der Waals surface area contributed by atoms with Crippen LogP contribution in [0.5, 0.6) is 0 Å². The maximum atomic E-state index is 11.9. The van der Waals surface area contributed by atoms with Gasteiger partial charge in [-0.3, -0.25) is 14.9 Å². The summed E-state index contributed by atoms with van der Waals surface area (Å²) in [6.45, 7) is 3.58. The number of nitrogens with one attached hydrogen (secondary N) is 2. The number of carbonyl (C=O) groups is 3. The Morgan fingerprint density at radius 3 is 2.75 bits per heavy atom. The molecule has 0 saturated carbocycles. The van der Waals surface area contributed by atoms with Crippen molar-refractivity contribution in [1.82, 2.24) is 10.6 Å². The van der Waals surface area contributed by atoms with Crippen LogP contribution >= 0.6 is 11.8 Å². The largest absolute Gasteiger partial charge is 0.452 e. The van der Waals surface area contributed by atoms with Crippen LogP contribution in [0.4, 0.5) is 4.79 Å². The van der Waals surface area contributed by atoms with Crippen molar-refractivity contribution >= 4 is 29.7 Å². The molecule has 0 heterocycles. The molecule has 1 atom stereocenters. The van der Waals surface area contributed by atoms with E-state index >= 15 is 0 Å². The van der Waals surface area contributed by atoms with Gasteiger partial charge >= 0.3 is 12.0 Å². The third-order valence-corrected chi connectivity index (χ3v) is 4.65. The molecule has 0 fully saturated rings. The van der Waals surface area contributed by atoms with Crippen LogP contribution < -0.4 is 10.6 Å². The van der Waals surface area contributed by atoms with Crippen LogP contribution in [0.1, 0.15) is 31.4 Å². The van der Waals surface area contributed by atoms with E-state index in [0.29, 0.717) is 6.54 Å². The minimum absolute atomic E-state index is 0.123. The number of imide groups is 1. The van der Waals surface area contributed by atoms with Crippen LogP contribution in [0.2, 0.25) is 0 Å². The standard InChI is InChI=1S/C17H22N2O4S/c1-3-18-17(22)19-16(21)11(2)23-15(20)10-24-14-8-7-12-5-4-6-13(12)9-14/h7-9,11H,3-6,10H2,1-2H3,(H2,18,19,21,22). The molecule has 130 valence electrons. The van der Waals surface area contributed by atoms with Crippen LogP contribution in [0.15, 0.2) is 23.1 Å². The number of carbonyl (C=O) groups excluding carboxylic acids is 3. The number of thioether (sulfide) groups is 1. The van der Waals surface area contributed by atoms with Gasteiger partial charge in [0.15, 0.2) is 6.10 Å². The zero-order chi connectivity index (χ0) is 17.5. The van der Waals surface area contributed by atoms with Gasteiger partial charge in [-0.25, -0.2) is 4.79 Å². The van der Waals surface area contributed by atoms with Crippen molar-refractivity contribution in [2.75, 3.05) is 12.3 Å². The summed E-state index contributed by atoms with van der Waals surface area (Å²) in [5.74, 6) is -1.01.